The number of nitrogens with one attached hydrogen (secondary N) is 1. The molecule has 0 aliphatic heterocycles. The molecule has 2 aromatic carbocycles. The third-order valence-corrected chi connectivity index (χ3v) is 3.59. The molecule has 116 valence electrons. The van der Waals surface area contributed by atoms with Gasteiger partial charge in [-0.25, -0.2) is 0 Å². The van der Waals surface area contributed by atoms with Crippen molar-refractivity contribution in [1.82, 2.24) is 0 Å². The predicted molar refractivity (Wildman–Crippen MR) is 90.0 cm³/mol. The molecule has 0 spiro atoms. The third-order valence-electron chi connectivity index (χ3n) is 3.35. The number of hydrogen-bond acceptors (Lipinski definition) is 2. The molecule has 0 bridgehead atoms. The molecule has 22 heavy (non-hydrogen) atoms. The molecule has 1 atom stereocenters. The van der Waals surface area contributed by atoms with Crippen LogP contribution in [-0.2, 0) is 4.79 Å². The molecular formula is C18H20ClNO2. The van der Waals surface area contributed by atoms with Gasteiger partial charge < -0.3 is 10.4 Å². The summed E-state index contributed by atoms with van der Waals surface area (Å²) in [6.07, 6.45) is -0.852. The molecule has 0 saturated carbocycles. The maximum Gasteiger partial charge on any atom is 0.229 e. The van der Waals surface area contributed by atoms with E-state index in [1.165, 1.54) is 0 Å². The number of anilines is 1. The Hall–Kier alpha value is -1.84. The minimum absolute atomic E-state index is 0.115. The van der Waals surface area contributed by atoms with Crippen molar-refractivity contribution in [2.24, 2.45) is 5.41 Å². The monoisotopic (exact) mass is 317 g/mol. The number of amides is 1. The lowest BCUT2D eigenvalue weighted by molar-refractivity contribution is -0.123. The molecule has 0 aliphatic rings. The van der Waals surface area contributed by atoms with Crippen LogP contribution in [0.5, 0.6) is 0 Å². The van der Waals surface area contributed by atoms with Gasteiger partial charge in [-0.05, 0) is 23.8 Å². The van der Waals surface area contributed by atoms with Crippen LogP contribution in [0.3, 0.4) is 0 Å². The summed E-state index contributed by atoms with van der Waals surface area (Å²) in [5.41, 5.74) is 1.38. The largest absolute Gasteiger partial charge is 0.384 e. The van der Waals surface area contributed by atoms with Crippen molar-refractivity contribution in [3.05, 3.63) is 64.7 Å². The van der Waals surface area contributed by atoms with Crippen LogP contribution >= 0.6 is 11.6 Å². The second-order valence-electron chi connectivity index (χ2n) is 6.25. The van der Waals surface area contributed by atoms with E-state index in [1.807, 2.05) is 51.1 Å². The summed E-state index contributed by atoms with van der Waals surface area (Å²) in [6, 6.07) is 14.4. The lowest BCUT2D eigenvalue weighted by Crippen LogP contribution is -2.28. The first-order chi connectivity index (χ1) is 10.3. The molecule has 0 aliphatic carbocycles. The van der Waals surface area contributed by atoms with Gasteiger partial charge in [0, 0.05) is 21.7 Å². The Kier molecular flexibility index (Phi) is 4.89. The van der Waals surface area contributed by atoms with E-state index in [-0.39, 0.29) is 5.91 Å². The SMILES string of the molecule is CC(C)(C)C(=O)Nc1ccc(Cl)cc1C(O)c1ccccc1. The van der Waals surface area contributed by atoms with Crippen molar-refractivity contribution in [3.63, 3.8) is 0 Å². The van der Waals surface area contributed by atoms with Crippen LogP contribution < -0.4 is 5.32 Å². The van der Waals surface area contributed by atoms with Gasteiger partial charge in [0.15, 0.2) is 0 Å². The van der Waals surface area contributed by atoms with Crippen LogP contribution in [0.15, 0.2) is 48.5 Å². The average Bonchev–Trinajstić information content (AvgIpc) is 2.48. The number of carbonyl (C=O) groups excluding carboxylic acids is 1. The van der Waals surface area contributed by atoms with Gasteiger partial charge in [-0.1, -0.05) is 62.7 Å². The fourth-order valence-corrected chi connectivity index (χ4v) is 2.18. The van der Waals surface area contributed by atoms with Gasteiger partial charge in [0.2, 0.25) is 5.91 Å². The zero-order valence-corrected chi connectivity index (χ0v) is 13.7. The second kappa shape index (κ2) is 6.51. The quantitative estimate of drug-likeness (QED) is 0.881. The molecular weight excluding hydrogens is 298 g/mol. The number of halogens is 1. The van der Waals surface area contributed by atoms with Crippen LogP contribution in [0, 0.1) is 5.41 Å². The van der Waals surface area contributed by atoms with Gasteiger partial charge in [0.25, 0.3) is 0 Å². The van der Waals surface area contributed by atoms with Crippen molar-refractivity contribution >= 4 is 23.2 Å². The molecule has 2 aromatic rings. The molecule has 2 N–H and O–H groups in total. The maximum atomic E-state index is 12.2. The molecule has 0 heterocycles. The molecule has 0 fully saturated rings. The van der Waals surface area contributed by atoms with E-state index >= 15 is 0 Å². The number of aliphatic hydroxyl groups excluding tert-OH is 1. The highest BCUT2D eigenvalue weighted by atomic mass is 35.5. The van der Waals surface area contributed by atoms with Gasteiger partial charge in [-0.3, -0.25) is 4.79 Å². The standard InChI is InChI=1S/C18H20ClNO2/c1-18(2,3)17(22)20-15-10-9-13(19)11-14(15)16(21)12-7-5-4-6-8-12/h4-11,16,21H,1-3H3,(H,20,22). The van der Waals surface area contributed by atoms with E-state index < -0.39 is 11.5 Å². The van der Waals surface area contributed by atoms with Crippen molar-refractivity contribution < 1.29 is 9.90 Å². The van der Waals surface area contributed by atoms with Crippen LogP contribution in [0.1, 0.15) is 38.0 Å². The number of aliphatic hydroxyl groups is 1. The Labute approximate surface area is 135 Å². The molecule has 1 unspecified atom stereocenters. The van der Waals surface area contributed by atoms with E-state index in [2.05, 4.69) is 5.32 Å². The molecule has 0 aromatic heterocycles. The minimum Gasteiger partial charge on any atom is -0.384 e. The van der Waals surface area contributed by atoms with E-state index in [0.29, 0.717) is 16.3 Å². The van der Waals surface area contributed by atoms with E-state index in [9.17, 15) is 9.90 Å². The fourth-order valence-electron chi connectivity index (χ4n) is 2.00. The number of rotatable bonds is 3. The number of benzene rings is 2. The summed E-state index contributed by atoms with van der Waals surface area (Å²) in [6.45, 7) is 5.52. The van der Waals surface area contributed by atoms with Crippen molar-refractivity contribution in [2.45, 2.75) is 26.9 Å². The molecule has 3 nitrogen and oxygen atoms in total. The Morgan fingerprint density at radius 2 is 1.77 bits per heavy atom. The summed E-state index contributed by atoms with van der Waals surface area (Å²) in [5.74, 6) is -0.115. The minimum atomic E-state index is -0.852. The van der Waals surface area contributed by atoms with Gasteiger partial charge in [0.1, 0.15) is 6.10 Å². The summed E-state index contributed by atoms with van der Waals surface area (Å²) in [7, 11) is 0. The van der Waals surface area contributed by atoms with Crippen LogP contribution in [0.25, 0.3) is 0 Å². The zero-order chi connectivity index (χ0) is 16.3. The van der Waals surface area contributed by atoms with E-state index in [1.54, 1.807) is 18.2 Å². The van der Waals surface area contributed by atoms with Crippen LogP contribution in [0.2, 0.25) is 5.02 Å². The fraction of sp³-hybridized carbons (Fsp3) is 0.278. The highest BCUT2D eigenvalue weighted by molar-refractivity contribution is 6.30. The molecule has 0 radical (unpaired) electrons. The first kappa shape index (κ1) is 16.5. The predicted octanol–water partition coefficient (Wildman–Crippen LogP) is 4.41. The molecule has 0 saturated heterocycles. The Morgan fingerprint density at radius 1 is 1.14 bits per heavy atom. The van der Waals surface area contributed by atoms with E-state index in [0.717, 1.165) is 5.56 Å². The first-order valence-electron chi connectivity index (χ1n) is 7.13. The Bertz CT molecular complexity index is 663. The highest BCUT2D eigenvalue weighted by Gasteiger charge is 2.23. The Balaban J connectivity index is 2.38. The van der Waals surface area contributed by atoms with Crippen molar-refractivity contribution in [3.8, 4) is 0 Å². The van der Waals surface area contributed by atoms with Gasteiger partial charge >= 0.3 is 0 Å². The normalized spacial score (nSPS) is 12.8. The zero-order valence-electron chi connectivity index (χ0n) is 12.9. The van der Waals surface area contributed by atoms with Crippen molar-refractivity contribution in [2.75, 3.05) is 5.32 Å². The molecule has 1 amide bonds. The van der Waals surface area contributed by atoms with Crippen LogP contribution in [0.4, 0.5) is 5.69 Å². The smallest absolute Gasteiger partial charge is 0.229 e. The van der Waals surface area contributed by atoms with Crippen molar-refractivity contribution in [1.29, 1.82) is 0 Å². The second-order valence-corrected chi connectivity index (χ2v) is 6.69. The summed E-state index contributed by atoms with van der Waals surface area (Å²) >= 11 is 6.05. The third kappa shape index (κ3) is 3.87. The summed E-state index contributed by atoms with van der Waals surface area (Å²) < 4.78 is 0. The summed E-state index contributed by atoms with van der Waals surface area (Å²) in [4.78, 5) is 12.2. The van der Waals surface area contributed by atoms with Crippen LogP contribution in [-0.4, -0.2) is 11.0 Å². The van der Waals surface area contributed by atoms with Gasteiger partial charge in [0.05, 0.1) is 0 Å². The van der Waals surface area contributed by atoms with E-state index in [4.69, 9.17) is 11.6 Å². The lowest BCUT2D eigenvalue weighted by Gasteiger charge is -2.21. The first-order valence-corrected chi connectivity index (χ1v) is 7.51. The molecule has 2 rings (SSSR count). The topological polar surface area (TPSA) is 49.3 Å². The molecule has 4 heteroatoms. The lowest BCUT2D eigenvalue weighted by atomic mass is 9.94. The Morgan fingerprint density at radius 3 is 2.36 bits per heavy atom. The highest BCUT2D eigenvalue weighted by Crippen LogP contribution is 2.31. The van der Waals surface area contributed by atoms with Gasteiger partial charge in [-0.2, -0.15) is 0 Å². The summed E-state index contributed by atoms with van der Waals surface area (Å²) in [5, 5.41) is 14.0. The van der Waals surface area contributed by atoms with Gasteiger partial charge in [-0.15, -0.1) is 0 Å². The maximum absolute atomic E-state index is 12.2. The number of carbonyl (C=O) groups is 1. The average molecular weight is 318 g/mol. The number of hydrogen-bond donors (Lipinski definition) is 2.